The van der Waals surface area contributed by atoms with Gasteiger partial charge in [-0.05, 0) is 30.3 Å². The first-order valence-corrected chi connectivity index (χ1v) is 5.61. The highest BCUT2D eigenvalue weighted by atomic mass is 35.5. The molecule has 5 heteroatoms. The van der Waals surface area contributed by atoms with E-state index in [4.69, 9.17) is 16.8 Å². The van der Waals surface area contributed by atoms with E-state index in [2.05, 4.69) is 15.4 Å². The first-order valence-electron chi connectivity index (χ1n) is 5.23. The zero-order valence-corrected chi connectivity index (χ0v) is 10.1. The van der Waals surface area contributed by atoms with E-state index in [1.165, 1.54) is 6.21 Å². The fourth-order valence-corrected chi connectivity index (χ4v) is 1.50. The molecule has 1 N–H and O–H groups in total. The van der Waals surface area contributed by atoms with Crippen LogP contribution in [0.1, 0.15) is 5.56 Å². The lowest BCUT2D eigenvalue weighted by molar-refractivity contribution is 0.322. The second kappa shape index (κ2) is 5.93. The van der Waals surface area contributed by atoms with Crippen molar-refractivity contribution in [3.05, 3.63) is 59.1 Å². The summed E-state index contributed by atoms with van der Waals surface area (Å²) < 4.78 is 0. The molecule has 0 amide bonds. The number of hydrogen-bond donors (Lipinski definition) is 1. The van der Waals surface area contributed by atoms with E-state index in [1.807, 2.05) is 12.1 Å². The van der Waals surface area contributed by atoms with Crippen LogP contribution in [0, 0.1) is 0 Å². The van der Waals surface area contributed by atoms with Gasteiger partial charge in [0.25, 0.3) is 0 Å². The second-order valence-electron chi connectivity index (χ2n) is 3.48. The van der Waals surface area contributed by atoms with Gasteiger partial charge in [0, 0.05) is 10.6 Å². The average molecular weight is 260 g/mol. The van der Waals surface area contributed by atoms with Crippen molar-refractivity contribution in [3.63, 3.8) is 0 Å². The topological polar surface area (TPSA) is 57.3 Å². The second-order valence-corrected chi connectivity index (χ2v) is 3.92. The quantitative estimate of drug-likeness (QED) is 0.373. The molecule has 0 saturated heterocycles. The molecule has 0 atom stereocenters. The highest BCUT2D eigenvalue weighted by Gasteiger charge is 1.97. The molecule has 0 spiro atoms. The summed E-state index contributed by atoms with van der Waals surface area (Å²) in [7, 11) is 0. The Labute approximate surface area is 109 Å². The van der Waals surface area contributed by atoms with Gasteiger partial charge in [-0.15, -0.1) is 5.11 Å². The van der Waals surface area contributed by atoms with Crippen LogP contribution in [0.2, 0.25) is 5.02 Å². The van der Waals surface area contributed by atoms with Gasteiger partial charge in [0.2, 0.25) is 0 Å². The van der Waals surface area contributed by atoms with Crippen LogP contribution >= 0.6 is 11.6 Å². The first-order chi connectivity index (χ1) is 8.79. The van der Waals surface area contributed by atoms with Crippen molar-refractivity contribution < 1.29 is 5.21 Å². The Kier molecular flexibility index (Phi) is 4.04. The molecule has 0 unspecified atom stereocenters. The molecule has 0 aromatic heterocycles. The van der Waals surface area contributed by atoms with E-state index in [-0.39, 0.29) is 0 Å². The molecule has 0 heterocycles. The van der Waals surface area contributed by atoms with E-state index in [9.17, 15) is 0 Å². The molecule has 0 aliphatic heterocycles. The maximum atomic E-state index is 8.54. The number of nitrogens with zero attached hydrogens (tertiary/aromatic N) is 3. The molecular formula is C13H10ClN3O. The van der Waals surface area contributed by atoms with Crippen molar-refractivity contribution in [2.45, 2.75) is 0 Å². The zero-order chi connectivity index (χ0) is 12.8. The Morgan fingerprint density at radius 2 is 1.67 bits per heavy atom. The van der Waals surface area contributed by atoms with Crippen molar-refractivity contribution in [2.24, 2.45) is 15.4 Å². The lowest BCUT2D eigenvalue weighted by Crippen LogP contribution is -1.80. The minimum absolute atomic E-state index is 0.630. The maximum Gasteiger partial charge on any atom is 0.0946 e. The molecule has 0 aliphatic rings. The van der Waals surface area contributed by atoms with Crippen LogP contribution in [0.25, 0.3) is 0 Å². The van der Waals surface area contributed by atoms with Gasteiger partial charge >= 0.3 is 0 Å². The van der Waals surface area contributed by atoms with E-state index in [0.717, 1.165) is 0 Å². The third kappa shape index (κ3) is 3.15. The molecule has 4 nitrogen and oxygen atoms in total. The first kappa shape index (κ1) is 12.3. The van der Waals surface area contributed by atoms with Crippen molar-refractivity contribution in [1.82, 2.24) is 0 Å². The third-order valence-corrected chi connectivity index (χ3v) is 2.49. The summed E-state index contributed by atoms with van der Waals surface area (Å²) in [6.45, 7) is 0. The van der Waals surface area contributed by atoms with Crippen molar-refractivity contribution in [1.29, 1.82) is 0 Å². The highest BCUT2D eigenvalue weighted by molar-refractivity contribution is 6.30. The minimum atomic E-state index is 0.630. The molecule has 2 rings (SSSR count). The Balaban J connectivity index is 2.25. The number of azo groups is 1. The molecule has 18 heavy (non-hydrogen) atoms. The van der Waals surface area contributed by atoms with E-state index >= 15 is 0 Å². The zero-order valence-electron chi connectivity index (χ0n) is 9.36. The molecule has 0 saturated carbocycles. The maximum absolute atomic E-state index is 8.54. The van der Waals surface area contributed by atoms with Gasteiger partial charge in [-0.3, -0.25) is 0 Å². The smallest absolute Gasteiger partial charge is 0.0946 e. The summed E-state index contributed by atoms with van der Waals surface area (Å²) in [5.74, 6) is 0. The fraction of sp³-hybridized carbons (Fsp3) is 0. The highest BCUT2D eigenvalue weighted by Crippen LogP contribution is 2.22. The summed E-state index contributed by atoms with van der Waals surface area (Å²) in [4.78, 5) is 0. The van der Waals surface area contributed by atoms with Crippen LogP contribution < -0.4 is 0 Å². The Morgan fingerprint density at radius 1 is 0.944 bits per heavy atom. The van der Waals surface area contributed by atoms with Gasteiger partial charge in [0.15, 0.2) is 0 Å². The fourth-order valence-electron chi connectivity index (χ4n) is 1.37. The normalized spacial score (nSPS) is 11.4. The number of hydrogen-bond acceptors (Lipinski definition) is 4. The summed E-state index contributed by atoms with van der Waals surface area (Å²) in [6.07, 6.45) is 1.32. The third-order valence-electron chi connectivity index (χ3n) is 2.23. The van der Waals surface area contributed by atoms with E-state index < -0.39 is 0 Å². The molecule has 90 valence electrons. The SMILES string of the molecule is O/N=C\c1ccccc1N=Nc1ccc(Cl)cc1. The standard InChI is InChI=1S/C13H10ClN3O/c14-11-5-7-12(8-6-11)16-17-13-4-2-1-3-10(13)9-15-18/h1-9,18H/b15-9-,17-16?. The predicted molar refractivity (Wildman–Crippen MR) is 71.5 cm³/mol. The number of benzene rings is 2. The van der Waals surface area contributed by atoms with Crippen molar-refractivity contribution >= 4 is 29.2 Å². The van der Waals surface area contributed by atoms with Crippen LogP contribution in [0.4, 0.5) is 11.4 Å². The lowest BCUT2D eigenvalue weighted by atomic mass is 10.2. The number of oxime groups is 1. The van der Waals surface area contributed by atoms with Gasteiger partial charge in [-0.1, -0.05) is 35.0 Å². The van der Waals surface area contributed by atoms with Crippen LogP contribution in [-0.4, -0.2) is 11.4 Å². The molecule has 2 aromatic carbocycles. The van der Waals surface area contributed by atoms with Gasteiger partial charge in [-0.25, -0.2) is 0 Å². The summed E-state index contributed by atoms with van der Waals surface area (Å²) in [5.41, 5.74) is 2.03. The van der Waals surface area contributed by atoms with Crippen LogP contribution in [-0.2, 0) is 0 Å². The van der Waals surface area contributed by atoms with Crippen LogP contribution in [0.5, 0.6) is 0 Å². The van der Waals surface area contributed by atoms with Gasteiger partial charge in [-0.2, -0.15) is 5.11 Å². The van der Waals surface area contributed by atoms with Gasteiger partial charge < -0.3 is 5.21 Å². The molecule has 0 fully saturated rings. The summed E-state index contributed by atoms with van der Waals surface area (Å²) >= 11 is 5.78. The average Bonchev–Trinajstić information content (AvgIpc) is 2.40. The molecular weight excluding hydrogens is 250 g/mol. The molecule has 0 bridgehead atoms. The van der Waals surface area contributed by atoms with Gasteiger partial charge in [0.05, 0.1) is 17.6 Å². The summed E-state index contributed by atoms with van der Waals surface area (Å²) in [6, 6.07) is 14.3. The largest absolute Gasteiger partial charge is 0.411 e. The lowest BCUT2D eigenvalue weighted by Gasteiger charge is -1.97. The monoisotopic (exact) mass is 259 g/mol. The van der Waals surface area contributed by atoms with E-state index in [0.29, 0.717) is 22.0 Å². The Hall–Kier alpha value is -2.20. The van der Waals surface area contributed by atoms with Crippen LogP contribution in [0.15, 0.2) is 63.9 Å². The molecule has 2 aromatic rings. The van der Waals surface area contributed by atoms with Crippen molar-refractivity contribution in [3.8, 4) is 0 Å². The van der Waals surface area contributed by atoms with Crippen molar-refractivity contribution in [2.75, 3.05) is 0 Å². The molecule has 0 aliphatic carbocycles. The Bertz CT molecular complexity index is 579. The minimum Gasteiger partial charge on any atom is -0.411 e. The van der Waals surface area contributed by atoms with E-state index in [1.54, 1.807) is 36.4 Å². The molecule has 0 radical (unpaired) electrons. The Morgan fingerprint density at radius 3 is 2.39 bits per heavy atom. The van der Waals surface area contributed by atoms with Gasteiger partial charge in [0.1, 0.15) is 0 Å². The summed E-state index contributed by atoms with van der Waals surface area (Å²) in [5, 5.41) is 20.4. The van der Waals surface area contributed by atoms with Crippen LogP contribution in [0.3, 0.4) is 0 Å². The number of rotatable bonds is 3. The number of halogens is 1. The predicted octanol–water partition coefficient (Wildman–Crippen LogP) is 4.56.